The van der Waals surface area contributed by atoms with Gasteiger partial charge in [-0.05, 0) is 43.4 Å². The summed E-state index contributed by atoms with van der Waals surface area (Å²) in [4.78, 5) is 29.3. The second kappa shape index (κ2) is 8.44. The van der Waals surface area contributed by atoms with Gasteiger partial charge in [0, 0.05) is 36.5 Å². The third-order valence-electron chi connectivity index (χ3n) is 6.49. The number of ketones is 1. The summed E-state index contributed by atoms with van der Waals surface area (Å²) in [5.41, 5.74) is 0.572. The van der Waals surface area contributed by atoms with Gasteiger partial charge >= 0.3 is 0 Å². The third kappa shape index (κ3) is 4.21. The molecule has 172 valence electrons. The number of hydrogen-bond acceptors (Lipinski definition) is 8. The summed E-state index contributed by atoms with van der Waals surface area (Å²) in [6.07, 6.45) is 12.1. The Morgan fingerprint density at radius 3 is 2.67 bits per heavy atom. The van der Waals surface area contributed by atoms with Crippen molar-refractivity contribution in [2.24, 2.45) is 11.1 Å². The molecule has 1 saturated heterocycles. The van der Waals surface area contributed by atoms with Crippen LogP contribution in [-0.2, 0) is 20.2 Å². The van der Waals surface area contributed by atoms with Crippen LogP contribution in [0.5, 0.6) is 0 Å². The molecule has 2 N–H and O–H groups in total. The first-order chi connectivity index (χ1) is 15.9. The number of nitrogens with two attached hydrogens (primary N) is 1. The van der Waals surface area contributed by atoms with Crippen LogP contribution in [0.25, 0.3) is 0 Å². The smallest absolute Gasteiger partial charge is 0.234 e. The van der Waals surface area contributed by atoms with Crippen molar-refractivity contribution in [3.8, 4) is 0 Å². The first-order valence-electron chi connectivity index (χ1n) is 10.9. The average molecular weight is 468 g/mol. The molecular weight excluding hydrogens is 442 g/mol. The van der Waals surface area contributed by atoms with Crippen LogP contribution >= 0.6 is 0 Å². The highest BCUT2D eigenvalue weighted by Gasteiger charge is 2.48. The topological polar surface area (TPSA) is 128 Å². The number of morpholine rings is 1. The van der Waals surface area contributed by atoms with E-state index in [0.29, 0.717) is 43.4 Å². The highest BCUT2D eigenvalue weighted by Crippen LogP contribution is 2.53. The van der Waals surface area contributed by atoms with Crippen LogP contribution in [0.1, 0.15) is 41.0 Å². The lowest BCUT2D eigenvalue weighted by molar-refractivity contribution is 0.103. The van der Waals surface area contributed by atoms with Gasteiger partial charge in [0.2, 0.25) is 15.8 Å². The number of carbonyl (C=O) groups excluding carboxylic acids is 1. The van der Waals surface area contributed by atoms with Crippen molar-refractivity contribution in [3.05, 3.63) is 70.8 Å². The van der Waals surface area contributed by atoms with Gasteiger partial charge in [-0.1, -0.05) is 12.2 Å². The maximum absolute atomic E-state index is 13.5. The van der Waals surface area contributed by atoms with E-state index in [1.54, 1.807) is 30.6 Å². The van der Waals surface area contributed by atoms with Crippen molar-refractivity contribution in [2.45, 2.75) is 24.7 Å². The normalized spacial score (nSPS) is 23.3. The highest BCUT2D eigenvalue weighted by molar-refractivity contribution is 7.93. The van der Waals surface area contributed by atoms with Crippen molar-refractivity contribution in [1.29, 1.82) is 0 Å². The van der Waals surface area contributed by atoms with Crippen LogP contribution in [-0.4, -0.2) is 55.5 Å². The molecular formula is C23H25N5O4S. The molecule has 33 heavy (non-hydrogen) atoms. The van der Waals surface area contributed by atoms with Gasteiger partial charge in [0.1, 0.15) is 0 Å². The van der Waals surface area contributed by atoms with Crippen LogP contribution in [0.2, 0.25) is 0 Å². The molecule has 0 bridgehead atoms. The van der Waals surface area contributed by atoms with Gasteiger partial charge in [0.15, 0.2) is 11.5 Å². The lowest BCUT2D eigenvalue weighted by Crippen LogP contribution is -2.39. The van der Waals surface area contributed by atoms with Crippen LogP contribution in [0.15, 0.2) is 53.9 Å². The van der Waals surface area contributed by atoms with E-state index < -0.39 is 15.4 Å². The summed E-state index contributed by atoms with van der Waals surface area (Å²) in [5.74, 6) is 0.444. The zero-order valence-corrected chi connectivity index (χ0v) is 18.9. The molecule has 1 atom stereocenters. The SMILES string of the molecule is NS(=O)(=O)C1=CC=CC(c2cnc(N3CCOCC3)c(C(=O)c3cccnc3)n2)(C2CC2)C1. The molecule has 2 aromatic heterocycles. The van der Waals surface area contributed by atoms with Crippen molar-refractivity contribution in [2.75, 3.05) is 31.2 Å². The molecule has 2 aliphatic carbocycles. The Labute approximate surface area is 192 Å². The third-order valence-corrected chi connectivity index (χ3v) is 7.50. The van der Waals surface area contributed by atoms with Crippen molar-refractivity contribution >= 4 is 21.6 Å². The minimum absolute atomic E-state index is 0.163. The minimum atomic E-state index is -3.84. The summed E-state index contributed by atoms with van der Waals surface area (Å²) >= 11 is 0. The summed E-state index contributed by atoms with van der Waals surface area (Å²) in [6.45, 7) is 2.29. The second-order valence-electron chi connectivity index (χ2n) is 8.63. The van der Waals surface area contributed by atoms with Crippen LogP contribution in [0.3, 0.4) is 0 Å². The Bertz CT molecular complexity index is 1230. The Morgan fingerprint density at radius 1 is 1.21 bits per heavy atom. The fraction of sp³-hybridized carbons (Fsp3) is 0.391. The lowest BCUT2D eigenvalue weighted by atomic mass is 9.74. The monoisotopic (exact) mass is 467 g/mol. The number of ether oxygens (including phenoxy) is 1. The van der Waals surface area contributed by atoms with E-state index >= 15 is 0 Å². The minimum Gasteiger partial charge on any atom is -0.378 e. The van der Waals surface area contributed by atoms with Crippen LogP contribution in [0, 0.1) is 5.92 Å². The fourth-order valence-electron chi connectivity index (χ4n) is 4.59. The molecule has 0 spiro atoms. The summed E-state index contributed by atoms with van der Waals surface area (Å²) in [5, 5.41) is 5.46. The summed E-state index contributed by atoms with van der Waals surface area (Å²) < 4.78 is 29.7. The highest BCUT2D eigenvalue weighted by atomic mass is 32.2. The number of hydrogen-bond donors (Lipinski definition) is 1. The van der Waals surface area contributed by atoms with Gasteiger partial charge in [-0.15, -0.1) is 0 Å². The van der Waals surface area contributed by atoms with Crippen molar-refractivity contribution < 1.29 is 17.9 Å². The number of rotatable bonds is 6. The summed E-state index contributed by atoms with van der Waals surface area (Å²) in [6, 6.07) is 3.41. The predicted octanol–water partition coefficient (Wildman–Crippen LogP) is 1.72. The molecule has 0 aromatic carbocycles. The molecule has 0 radical (unpaired) electrons. The van der Waals surface area contributed by atoms with Crippen LogP contribution < -0.4 is 10.0 Å². The first-order valence-corrected chi connectivity index (χ1v) is 12.5. The maximum Gasteiger partial charge on any atom is 0.234 e. The maximum atomic E-state index is 13.5. The number of pyridine rings is 1. The largest absolute Gasteiger partial charge is 0.378 e. The van der Waals surface area contributed by atoms with E-state index in [4.69, 9.17) is 19.8 Å². The number of primary sulfonamides is 1. The number of carbonyl (C=O) groups is 1. The molecule has 1 aliphatic heterocycles. The van der Waals surface area contributed by atoms with Gasteiger partial charge in [-0.3, -0.25) is 9.78 Å². The number of sulfonamides is 1. The molecule has 2 fully saturated rings. The molecule has 1 unspecified atom stereocenters. The van der Waals surface area contributed by atoms with E-state index in [2.05, 4.69) is 4.98 Å². The van der Waals surface area contributed by atoms with Gasteiger partial charge in [0.25, 0.3) is 0 Å². The summed E-state index contributed by atoms with van der Waals surface area (Å²) in [7, 11) is -3.84. The van der Waals surface area contributed by atoms with E-state index in [1.807, 2.05) is 11.0 Å². The molecule has 10 heteroatoms. The average Bonchev–Trinajstić information content (AvgIpc) is 3.70. The molecule has 3 heterocycles. The molecule has 2 aromatic rings. The number of allylic oxidation sites excluding steroid dienone is 4. The number of aromatic nitrogens is 3. The van der Waals surface area contributed by atoms with Gasteiger partial charge in [0.05, 0.1) is 30.0 Å². The lowest BCUT2D eigenvalue weighted by Gasteiger charge is -2.34. The molecule has 5 rings (SSSR count). The molecule has 0 amide bonds. The fourth-order valence-corrected chi connectivity index (χ4v) is 5.30. The van der Waals surface area contributed by atoms with Crippen molar-refractivity contribution in [3.63, 3.8) is 0 Å². The van der Waals surface area contributed by atoms with E-state index in [9.17, 15) is 13.2 Å². The van der Waals surface area contributed by atoms with E-state index in [0.717, 1.165) is 12.8 Å². The van der Waals surface area contributed by atoms with E-state index in [-0.39, 0.29) is 28.7 Å². The number of nitrogens with zero attached hydrogens (tertiary/aromatic N) is 4. The predicted molar refractivity (Wildman–Crippen MR) is 122 cm³/mol. The first kappa shape index (κ1) is 21.9. The van der Waals surface area contributed by atoms with Crippen LogP contribution in [0.4, 0.5) is 5.82 Å². The standard InChI is InChI=1S/C23H25N5O4S/c24-33(30,31)18-4-1-7-23(13-18,17-5-6-17)19-15-26-22(28-9-11-32-12-10-28)20(27-19)21(29)16-3-2-8-25-14-16/h1-4,7-8,14-15,17H,5-6,9-13H2,(H2,24,30,31). The Balaban J connectivity index is 1.62. The zero-order valence-electron chi connectivity index (χ0n) is 18.1. The quantitative estimate of drug-likeness (QED) is 0.636. The second-order valence-corrected chi connectivity index (χ2v) is 10.2. The van der Waals surface area contributed by atoms with Gasteiger partial charge < -0.3 is 9.64 Å². The van der Waals surface area contributed by atoms with Gasteiger partial charge in [-0.2, -0.15) is 0 Å². The molecule has 3 aliphatic rings. The Morgan fingerprint density at radius 2 is 2.00 bits per heavy atom. The molecule has 1 saturated carbocycles. The Hall–Kier alpha value is -2.95. The van der Waals surface area contributed by atoms with E-state index in [1.165, 1.54) is 12.3 Å². The molecule has 9 nitrogen and oxygen atoms in total. The zero-order chi connectivity index (χ0) is 23.1. The number of anilines is 1. The Kier molecular flexibility index (Phi) is 5.59. The van der Waals surface area contributed by atoms with Gasteiger partial charge in [-0.25, -0.2) is 23.5 Å². The van der Waals surface area contributed by atoms with Crippen molar-refractivity contribution in [1.82, 2.24) is 15.0 Å².